The Morgan fingerprint density at radius 2 is 2.40 bits per heavy atom. The summed E-state index contributed by atoms with van der Waals surface area (Å²) in [7, 11) is 0. The van der Waals surface area contributed by atoms with Gasteiger partial charge in [-0.1, -0.05) is 6.92 Å². The minimum atomic E-state index is -0.132. The minimum absolute atomic E-state index is 0.0285. The molecule has 0 aromatic rings. The molecule has 88 valence electrons. The van der Waals surface area contributed by atoms with Crippen LogP contribution in [0.3, 0.4) is 0 Å². The first-order chi connectivity index (χ1) is 7.07. The van der Waals surface area contributed by atoms with Gasteiger partial charge in [0, 0.05) is 18.7 Å². The Hall–Kier alpha value is -0.610. The van der Waals surface area contributed by atoms with Crippen LogP contribution in [0.2, 0.25) is 0 Å². The summed E-state index contributed by atoms with van der Waals surface area (Å²) in [5, 5.41) is 3.37. The molecule has 4 heteroatoms. The van der Waals surface area contributed by atoms with Crippen molar-refractivity contribution in [3.05, 3.63) is 0 Å². The lowest BCUT2D eigenvalue weighted by atomic mass is 10.0. The summed E-state index contributed by atoms with van der Waals surface area (Å²) < 4.78 is 10.3. The Morgan fingerprint density at radius 1 is 1.67 bits per heavy atom. The highest BCUT2D eigenvalue weighted by molar-refractivity contribution is 5.72. The number of nitrogens with one attached hydrogen (secondary N) is 1. The number of ether oxygens (including phenoxy) is 2. The van der Waals surface area contributed by atoms with Crippen molar-refractivity contribution < 1.29 is 14.3 Å². The van der Waals surface area contributed by atoms with Gasteiger partial charge in [0.05, 0.1) is 19.1 Å². The zero-order valence-electron chi connectivity index (χ0n) is 9.84. The van der Waals surface area contributed by atoms with Crippen molar-refractivity contribution in [2.24, 2.45) is 5.92 Å². The van der Waals surface area contributed by atoms with E-state index in [2.05, 4.69) is 12.2 Å². The molecule has 0 amide bonds. The van der Waals surface area contributed by atoms with E-state index in [0.717, 1.165) is 19.6 Å². The molecule has 1 aliphatic rings. The second-order valence-electron chi connectivity index (χ2n) is 4.40. The van der Waals surface area contributed by atoms with Crippen LogP contribution < -0.4 is 5.32 Å². The third-order valence-corrected chi connectivity index (χ3v) is 2.74. The highest BCUT2D eigenvalue weighted by atomic mass is 16.5. The molecule has 0 radical (unpaired) electrons. The summed E-state index contributed by atoms with van der Waals surface area (Å²) in [4.78, 5) is 11.4. The van der Waals surface area contributed by atoms with Crippen LogP contribution in [0, 0.1) is 5.92 Å². The van der Waals surface area contributed by atoms with Crippen LogP contribution in [0.15, 0.2) is 0 Å². The Kier molecular flexibility index (Phi) is 4.54. The molecule has 2 unspecified atom stereocenters. The van der Waals surface area contributed by atoms with Gasteiger partial charge >= 0.3 is 5.97 Å². The van der Waals surface area contributed by atoms with Crippen molar-refractivity contribution in [1.29, 1.82) is 0 Å². The van der Waals surface area contributed by atoms with Crippen molar-refractivity contribution in [3.63, 3.8) is 0 Å². The van der Waals surface area contributed by atoms with E-state index in [9.17, 15) is 4.79 Å². The molecule has 15 heavy (non-hydrogen) atoms. The lowest BCUT2D eigenvalue weighted by Crippen LogP contribution is -2.45. The molecule has 1 fully saturated rings. The maximum Gasteiger partial charge on any atom is 0.309 e. The van der Waals surface area contributed by atoms with Gasteiger partial charge in [0.1, 0.15) is 0 Å². The average Bonchev–Trinajstić information content (AvgIpc) is 2.63. The fourth-order valence-electron chi connectivity index (χ4n) is 1.57. The maximum atomic E-state index is 11.4. The summed E-state index contributed by atoms with van der Waals surface area (Å²) in [5.41, 5.74) is 0.0285. The zero-order valence-corrected chi connectivity index (χ0v) is 9.84. The van der Waals surface area contributed by atoms with Gasteiger partial charge in [-0.25, -0.2) is 0 Å². The molecule has 1 aliphatic heterocycles. The summed E-state index contributed by atoms with van der Waals surface area (Å²) in [6.45, 7) is 8.45. The number of carbonyl (C=O) groups excluding carboxylic acids is 1. The van der Waals surface area contributed by atoms with Crippen LogP contribution in [-0.2, 0) is 14.3 Å². The van der Waals surface area contributed by atoms with Gasteiger partial charge < -0.3 is 14.8 Å². The zero-order chi connectivity index (χ0) is 11.3. The minimum Gasteiger partial charge on any atom is -0.466 e. The van der Waals surface area contributed by atoms with E-state index in [0.29, 0.717) is 13.2 Å². The number of esters is 1. The molecule has 0 aliphatic carbocycles. The van der Waals surface area contributed by atoms with Gasteiger partial charge in [0.2, 0.25) is 0 Å². The second-order valence-corrected chi connectivity index (χ2v) is 4.40. The summed E-state index contributed by atoms with van der Waals surface area (Å²) >= 11 is 0. The van der Waals surface area contributed by atoms with Gasteiger partial charge in [0.25, 0.3) is 0 Å². The topological polar surface area (TPSA) is 47.6 Å². The fourth-order valence-corrected chi connectivity index (χ4v) is 1.57. The molecule has 1 heterocycles. The first kappa shape index (κ1) is 12.5. The first-order valence-electron chi connectivity index (χ1n) is 5.57. The third-order valence-electron chi connectivity index (χ3n) is 2.74. The molecule has 4 nitrogen and oxygen atoms in total. The fraction of sp³-hybridized carbons (Fsp3) is 0.909. The Bertz CT molecular complexity index is 212. The summed E-state index contributed by atoms with van der Waals surface area (Å²) in [6, 6.07) is 0. The van der Waals surface area contributed by atoms with Crippen molar-refractivity contribution in [2.75, 3.05) is 26.4 Å². The number of hydrogen-bond acceptors (Lipinski definition) is 4. The molecule has 1 saturated heterocycles. The molecule has 0 spiro atoms. The van der Waals surface area contributed by atoms with Crippen LogP contribution in [-0.4, -0.2) is 37.9 Å². The number of carbonyl (C=O) groups is 1. The molecular weight excluding hydrogens is 194 g/mol. The molecule has 1 rings (SSSR count). The molecule has 0 bridgehead atoms. The van der Waals surface area contributed by atoms with Crippen LogP contribution in [0.25, 0.3) is 0 Å². The van der Waals surface area contributed by atoms with Crippen molar-refractivity contribution in [2.45, 2.75) is 32.7 Å². The lowest BCUT2D eigenvalue weighted by Gasteiger charge is -2.25. The normalized spacial score (nSPS) is 27.7. The van der Waals surface area contributed by atoms with Gasteiger partial charge in [-0.3, -0.25) is 4.79 Å². The number of hydrogen-bond donors (Lipinski definition) is 1. The van der Waals surface area contributed by atoms with E-state index >= 15 is 0 Å². The first-order valence-corrected chi connectivity index (χ1v) is 5.57. The molecular formula is C11H21NO3. The highest BCUT2D eigenvalue weighted by Gasteiger charge is 2.30. The smallest absolute Gasteiger partial charge is 0.309 e. The highest BCUT2D eigenvalue weighted by Crippen LogP contribution is 2.17. The third kappa shape index (κ3) is 3.80. The Labute approximate surface area is 91.3 Å². The largest absolute Gasteiger partial charge is 0.466 e. The molecule has 0 saturated carbocycles. The van der Waals surface area contributed by atoms with Gasteiger partial charge in [0.15, 0.2) is 0 Å². The van der Waals surface area contributed by atoms with Crippen LogP contribution in [0.1, 0.15) is 27.2 Å². The summed E-state index contributed by atoms with van der Waals surface area (Å²) in [5.74, 6) is -0.227. The molecule has 0 aromatic heterocycles. The van der Waals surface area contributed by atoms with E-state index in [1.807, 2.05) is 13.8 Å². The quantitative estimate of drug-likeness (QED) is 0.694. The predicted octanol–water partition coefficient (Wildman–Crippen LogP) is 0.954. The Balaban J connectivity index is 2.26. The average molecular weight is 215 g/mol. The maximum absolute atomic E-state index is 11.4. The van der Waals surface area contributed by atoms with Crippen LogP contribution in [0.4, 0.5) is 0 Å². The van der Waals surface area contributed by atoms with Gasteiger partial charge in [-0.2, -0.15) is 0 Å². The van der Waals surface area contributed by atoms with E-state index in [-0.39, 0.29) is 17.4 Å². The van der Waals surface area contributed by atoms with Crippen LogP contribution in [0.5, 0.6) is 0 Å². The van der Waals surface area contributed by atoms with Crippen molar-refractivity contribution >= 4 is 5.97 Å². The standard InChI is InChI=1S/C11H21NO3/c1-4-15-10(13)9(2)7-12-11(3)5-6-14-8-11/h9,12H,4-8H2,1-3H3. The van der Waals surface area contributed by atoms with Gasteiger partial charge in [-0.15, -0.1) is 0 Å². The lowest BCUT2D eigenvalue weighted by molar-refractivity contribution is -0.147. The van der Waals surface area contributed by atoms with E-state index in [1.165, 1.54) is 0 Å². The second kappa shape index (κ2) is 5.47. The molecule has 2 atom stereocenters. The van der Waals surface area contributed by atoms with Crippen molar-refractivity contribution in [1.82, 2.24) is 5.32 Å². The SMILES string of the molecule is CCOC(=O)C(C)CNC1(C)CCOC1. The monoisotopic (exact) mass is 215 g/mol. The van der Waals surface area contributed by atoms with Crippen LogP contribution >= 0.6 is 0 Å². The molecule has 1 N–H and O–H groups in total. The molecule has 0 aromatic carbocycles. The Morgan fingerprint density at radius 3 is 2.93 bits per heavy atom. The number of rotatable bonds is 5. The van der Waals surface area contributed by atoms with E-state index < -0.39 is 0 Å². The van der Waals surface area contributed by atoms with Crippen molar-refractivity contribution in [3.8, 4) is 0 Å². The van der Waals surface area contributed by atoms with E-state index in [4.69, 9.17) is 9.47 Å². The predicted molar refractivity (Wildman–Crippen MR) is 57.6 cm³/mol. The van der Waals surface area contributed by atoms with Gasteiger partial charge in [-0.05, 0) is 20.3 Å². The summed E-state index contributed by atoms with van der Waals surface area (Å²) in [6.07, 6.45) is 1.00. The van der Waals surface area contributed by atoms with E-state index in [1.54, 1.807) is 0 Å².